The Morgan fingerprint density at radius 1 is 1.28 bits per heavy atom. The zero-order valence-corrected chi connectivity index (χ0v) is 11.0. The van der Waals surface area contributed by atoms with E-state index in [1.165, 1.54) is 5.57 Å². The minimum atomic E-state index is 0.178. The van der Waals surface area contributed by atoms with Gasteiger partial charge < -0.3 is 4.74 Å². The Balaban J connectivity index is 2.05. The maximum Gasteiger partial charge on any atom is 0.189 e. The molecule has 0 unspecified atom stereocenters. The second-order valence-electron chi connectivity index (χ2n) is 4.47. The number of benzene rings is 1. The van der Waals surface area contributed by atoms with Crippen LogP contribution in [0.2, 0.25) is 0 Å². The average Bonchev–Trinajstić information content (AvgIpc) is 2.93. The van der Waals surface area contributed by atoms with Gasteiger partial charge in [-0.15, -0.1) is 11.8 Å². The van der Waals surface area contributed by atoms with Gasteiger partial charge in [0.1, 0.15) is 5.75 Å². The highest BCUT2D eigenvalue weighted by atomic mass is 32.2. The molecule has 1 aliphatic heterocycles. The van der Waals surface area contributed by atoms with E-state index in [4.69, 9.17) is 4.74 Å². The monoisotopic (exact) mass is 258 g/mol. The summed E-state index contributed by atoms with van der Waals surface area (Å²) in [5.41, 5.74) is 4.13. The largest absolute Gasteiger partial charge is 0.497 e. The summed E-state index contributed by atoms with van der Waals surface area (Å²) in [5, 5.41) is 2.07. The van der Waals surface area contributed by atoms with Gasteiger partial charge in [0.2, 0.25) is 0 Å². The van der Waals surface area contributed by atoms with Crippen molar-refractivity contribution in [3.63, 3.8) is 0 Å². The molecule has 0 atom stereocenters. The summed E-state index contributed by atoms with van der Waals surface area (Å²) in [7, 11) is 1.63. The minimum absolute atomic E-state index is 0.178. The van der Waals surface area contributed by atoms with Gasteiger partial charge in [-0.3, -0.25) is 4.79 Å². The number of hydrogen-bond donors (Lipinski definition) is 0. The fourth-order valence-corrected chi connectivity index (χ4v) is 3.26. The molecular formula is C15H14O2S. The first-order valence-electron chi connectivity index (χ1n) is 6.01. The molecule has 2 nitrogen and oxygen atoms in total. The molecule has 1 aromatic rings. The number of carbonyl (C=O) groups excluding carboxylic acids is 1. The van der Waals surface area contributed by atoms with E-state index in [2.05, 4.69) is 11.5 Å². The number of allylic oxidation sites excluding steroid dienone is 2. The molecule has 3 heteroatoms. The van der Waals surface area contributed by atoms with E-state index < -0.39 is 0 Å². The van der Waals surface area contributed by atoms with Crippen molar-refractivity contribution in [2.24, 2.45) is 0 Å². The summed E-state index contributed by atoms with van der Waals surface area (Å²) in [5.74, 6) is 1.86. The second-order valence-corrected chi connectivity index (χ2v) is 5.36. The van der Waals surface area contributed by atoms with E-state index in [1.54, 1.807) is 18.9 Å². The molecule has 0 bridgehead atoms. The molecule has 1 aromatic carbocycles. The first kappa shape index (κ1) is 11.6. The smallest absolute Gasteiger partial charge is 0.189 e. The van der Waals surface area contributed by atoms with Gasteiger partial charge in [-0.1, -0.05) is 12.1 Å². The van der Waals surface area contributed by atoms with E-state index in [0.717, 1.165) is 41.0 Å². The lowest BCUT2D eigenvalue weighted by molar-refractivity contribution is 0.102. The van der Waals surface area contributed by atoms with E-state index in [0.29, 0.717) is 0 Å². The molecule has 0 N–H and O–H groups in total. The molecule has 0 saturated carbocycles. The lowest BCUT2D eigenvalue weighted by atomic mass is 9.84. The molecule has 18 heavy (non-hydrogen) atoms. The SMILES string of the molecule is COc1ccc2c(c1)C(=O)/C(=C1/C=CSC1)CC2. The van der Waals surface area contributed by atoms with Crippen molar-refractivity contribution in [2.75, 3.05) is 12.9 Å². The van der Waals surface area contributed by atoms with Crippen molar-refractivity contribution in [2.45, 2.75) is 12.8 Å². The van der Waals surface area contributed by atoms with E-state index in [1.807, 2.05) is 18.2 Å². The highest BCUT2D eigenvalue weighted by molar-refractivity contribution is 8.02. The van der Waals surface area contributed by atoms with Gasteiger partial charge in [-0.05, 0) is 41.5 Å². The van der Waals surface area contributed by atoms with Gasteiger partial charge >= 0.3 is 0 Å². The Morgan fingerprint density at radius 2 is 2.17 bits per heavy atom. The third-order valence-electron chi connectivity index (χ3n) is 3.47. The number of Topliss-reactive ketones (excluding diaryl/α,β-unsaturated/α-hetero) is 1. The maximum absolute atomic E-state index is 12.5. The van der Waals surface area contributed by atoms with Crippen LogP contribution < -0.4 is 4.74 Å². The zero-order chi connectivity index (χ0) is 12.5. The van der Waals surface area contributed by atoms with Crippen LogP contribution >= 0.6 is 11.8 Å². The number of rotatable bonds is 1. The van der Waals surface area contributed by atoms with Crippen LogP contribution in [0.3, 0.4) is 0 Å². The molecule has 0 radical (unpaired) electrons. The third-order valence-corrected chi connectivity index (χ3v) is 4.28. The first-order chi connectivity index (χ1) is 8.79. The Labute approximate surface area is 111 Å². The summed E-state index contributed by atoms with van der Waals surface area (Å²) in [6.07, 6.45) is 3.88. The van der Waals surface area contributed by atoms with Gasteiger partial charge in [0.05, 0.1) is 7.11 Å². The quantitative estimate of drug-likeness (QED) is 0.722. The van der Waals surface area contributed by atoms with Crippen LogP contribution in [-0.2, 0) is 6.42 Å². The van der Waals surface area contributed by atoms with E-state index >= 15 is 0 Å². The number of methoxy groups -OCH3 is 1. The van der Waals surface area contributed by atoms with Crippen LogP contribution in [-0.4, -0.2) is 18.6 Å². The molecule has 1 aliphatic carbocycles. The number of fused-ring (bicyclic) bond motifs is 1. The van der Waals surface area contributed by atoms with Gasteiger partial charge in [0, 0.05) is 16.9 Å². The molecule has 0 saturated heterocycles. The number of ketones is 1. The van der Waals surface area contributed by atoms with Gasteiger partial charge in [0.25, 0.3) is 0 Å². The number of hydrogen-bond acceptors (Lipinski definition) is 3. The Kier molecular flexibility index (Phi) is 3.00. The highest BCUT2D eigenvalue weighted by Crippen LogP contribution is 2.33. The lowest BCUT2D eigenvalue weighted by Gasteiger charge is -2.19. The summed E-state index contributed by atoms with van der Waals surface area (Å²) in [4.78, 5) is 12.5. The van der Waals surface area contributed by atoms with Crippen molar-refractivity contribution >= 4 is 17.5 Å². The van der Waals surface area contributed by atoms with Gasteiger partial charge in [0.15, 0.2) is 5.78 Å². The molecule has 1 heterocycles. The molecular weight excluding hydrogens is 244 g/mol. The summed E-state index contributed by atoms with van der Waals surface area (Å²) in [6.45, 7) is 0. The van der Waals surface area contributed by atoms with Crippen molar-refractivity contribution < 1.29 is 9.53 Å². The van der Waals surface area contributed by atoms with Crippen LogP contribution in [0.5, 0.6) is 5.75 Å². The van der Waals surface area contributed by atoms with Crippen molar-refractivity contribution in [1.82, 2.24) is 0 Å². The molecule has 2 aliphatic rings. The summed E-state index contributed by atoms with van der Waals surface area (Å²) < 4.78 is 5.20. The van der Waals surface area contributed by atoms with Crippen molar-refractivity contribution in [3.8, 4) is 5.75 Å². The number of ether oxygens (including phenoxy) is 1. The molecule has 92 valence electrons. The van der Waals surface area contributed by atoms with Crippen molar-refractivity contribution in [1.29, 1.82) is 0 Å². The number of aryl methyl sites for hydroxylation is 1. The normalized spacial score (nSPS) is 22.2. The standard InChI is InChI=1S/C15H14O2S/c1-17-12-4-2-10-3-5-13(11-6-7-18-9-11)15(16)14(10)8-12/h2,4,6-8H,3,5,9H2,1H3/b13-11-. The van der Waals surface area contributed by atoms with Crippen LogP contribution in [0.25, 0.3) is 0 Å². The van der Waals surface area contributed by atoms with Crippen molar-refractivity contribution in [3.05, 3.63) is 52.0 Å². The summed E-state index contributed by atoms with van der Waals surface area (Å²) in [6, 6.07) is 5.80. The molecule has 0 aromatic heterocycles. The Hall–Kier alpha value is -1.48. The maximum atomic E-state index is 12.5. The Bertz CT molecular complexity index is 570. The third kappa shape index (κ3) is 1.89. The zero-order valence-electron chi connectivity index (χ0n) is 10.2. The molecule has 0 amide bonds. The number of carbonyl (C=O) groups is 1. The lowest BCUT2D eigenvalue weighted by Crippen LogP contribution is -2.16. The molecule has 3 rings (SSSR count). The average molecular weight is 258 g/mol. The fourth-order valence-electron chi connectivity index (χ4n) is 2.46. The molecule has 0 fully saturated rings. The first-order valence-corrected chi connectivity index (χ1v) is 7.06. The van der Waals surface area contributed by atoms with E-state index in [-0.39, 0.29) is 5.78 Å². The van der Waals surface area contributed by atoms with Gasteiger partial charge in [-0.2, -0.15) is 0 Å². The predicted octanol–water partition coefficient (Wildman–Crippen LogP) is 3.38. The second kappa shape index (κ2) is 4.65. The number of thioether (sulfide) groups is 1. The Morgan fingerprint density at radius 3 is 2.89 bits per heavy atom. The van der Waals surface area contributed by atoms with Gasteiger partial charge in [-0.25, -0.2) is 0 Å². The van der Waals surface area contributed by atoms with Crippen LogP contribution in [0.4, 0.5) is 0 Å². The van der Waals surface area contributed by atoms with Crippen LogP contribution in [0, 0.1) is 0 Å². The minimum Gasteiger partial charge on any atom is -0.497 e. The highest BCUT2D eigenvalue weighted by Gasteiger charge is 2.25. The topological polar surface area (TPSA) is 26.3 Å². The van der Waals surface area contributed by atoms with Crippen LogP contribution in [0.15, 0.2) is 40.8 Å². The van der Waals surface area contributed by atoms with Crippen LogP contribution in [0.1, 0.15) is 22.3 Å². The summed E-state index contributed by atoms with van der Waals surface area (Å²) >= 11 is 1.75. The van der Waals surface area contributed by atoms with E-state index in [9.17, 15) is 4.79 Å². The predicted molar refractivity (Wildman–Crippen MR) is 74.3 cm³/mol. The molecule has 0 spiro atoms. The fraction of sp³-hybridized carbons (Fsp3) is 0.267.